The molecule has 1 saturated carbocycles. The lowest BCUT2D eigenvalue weighted by Crippen LogP contribution is -2.19. The van der Waals surface area contributed by atoms with E-state index in [1.807, 2.05) is 0 Å². The molecule has 2 nitrogen and oxygen atoms in total. The zero-order valence-electron chi connectivity index (χ0n) is 18.4. The average molecular weight is 400 g/mol. The Bertz CT molecular complexity index is 850. The highest BCUT2D eigenvalue weighted by molar-refractivity contribution is 5.78. The Morgan fingerprint density at radius 1 is 0.967 bits per heavy atom. The number of likely N-dealkylation sites (tertiary alicyclic amines) is 1. The molecular weight excluding hydrogens is 364 g/mol. The van der Waals surface area contributed by atoms with Crippen LogP contribution in [0.5, 0.6) is 0 Å². The average Bonchev–Trinajstić information content (AvgIpc) is 3.30. The largest absolute Gasteiger partial charge is 0.300 e. The van der Waals surface area contributed by atoms with Gasteiger partial charge in [-0.05, 0) is 81.8 Å². The van der Waals surface area contributed by atoms with Crippen molar-refractivity contribution < 1.29 is 0 Å². The molecule has 1 saturated heterocycles. The lowest BCUT2D eigenvalue weighted by Gasteiger charge is -2.19. The minimum absolute atomic E-state index is 0.752. The van der Waals surface area contributed by atoms with Crippen LogP contribution in [-0.2, 0) is 0 Å². The minimum atomic E-state index is 0.752. The summed E-state index contributed by atoms with van der Waals surface area (Å²) in [5.74, 6) is 0.752. The third kappa shape index (κ3) is 5.92. The molecule has 157 valence electrons. The molecule has 1 radical (unpaired) electrons. The van der Waals surface area contributed by atoms with E-state index in [1.54, 1.807) is 0 Å². The van der Waals surface area contributed by atoms with Gasteiger partial charge in [0.1, 0.15) is 0 Å². The second-order valence-corrected chi connectivity index (χ2v) is 8.89. The molecule has 2 aliphatic rings. The first kappa shape index (κ1) is 21.1. The predicted molar refractivity (Wildman–Crippen MR) is 128 cm³/mol. The summed E-state index contributed by atoms with van der Waals surface area (Å²) in [7, 11) is 0. The van der Waals surface area contributed by atoms with Gasteiger partial charge < -0.3 is 0 Å². The SMILES string of the molecule is Cc1ccc(/C(=C\CN2CCCC2)c2cccc(/C=C/[CH]C3CCCCC3)n2)cc1. The first-order valence-electron chi connectivity index (χ1n) is 11.8. The first-order chi connectivity index (χ1) is 14.8. The molecule has 1 aromatic heterocycles. The van der Waals surface area contributed by atoms with Crippen LogP contribution < -0.4 is 0 Å². The van der Waals surface area contributed by atoms with Crippen molar-refractivity contribution in [3.8, 4) is 0 Å². The Kier molecular flexibility index (Phi) is 7.53. The number of pyridine rings is 1. The Balaban J connectivity index is 1.52. The monoisotopic (exact) mass is 399 g/mol. The predicted octanol–water partition coefficient (Wildman–Crippen LogP) is 6.72. The number of hydrogen-bond donors (Lipinski definition) is 0. The molecule has 0 amide bonds. The number of aromatic nitrogens is 1. The zero-order chi connectivity index (χ0) is 20.6. The van der Waals surface area contributed by atoms with Crippen LogP contribution in [-0.4, -0.2) is 29.5 Å². The van der Waals surface area contributed by atoms with E-state index in [0.717, 1.165) is 23.9 Å². The van der Waals surface area contributed by atoms with Gasteiger partial charge in [0.25, 0.3) is 0 Å². The topological polar surface area (TPSA) is 16.1 Å². The number of rotatable bonds is 7. The number of hydrogen-bond acceptors (Lipinski definition) is 2. The summed E-state index contributed by atoms with van der Waals surface area (Å²) in [6.07, 6.45) is 18.7. The third-order valence-electron chi connectivity index (χ3n) is 6.46. The second kappa shape index (κ2) is 10.7. The molecular formula is C28H35N2. The van der Waals surface area contributed by atoms with E-state index >= 15 is 0 Å². The highest BCUT2D eigenvalue weighted by Crippen LogP contribution is 2.27. The van der Waals surface area contributed by atoms with Crippen molar-refractivity contribution in [3.05, 3.63) is 83.6 Å². The fraction of sp³-hybridized carbons (Fsp3) is 0.429. The van der Waals surface area contributed by atoms with Crippen molar-refractivity contribution in [2.45, 2.75) is 51.9 Å². The number of aryl methyl sites for hydroxylation is 1. The van der Waals surface area contributed by atoms with E-state index < -0.39 is 0 Å². The van der Waals surface area contributed by atoms with E-state index in [2.05, 4.69) is 78.9 Å². The molecule has 0 spiro atoms. The maximum Gasteiger partial charge on any atom is 0.0712 e. The lowest BCUT2D eigenvalue weighted by atomic mass is 9.87. The van der Waals surface area contributed by atoms with E-state index in [4.69, 9.17) is 4.98 Å². The molecule has 2 heteroatoms. The second-order valence-electron chi connectivity index (χ2n) is 8.89. The molecule has 0 bridgehead atoms. The van der Waals surface area contributed by atoms with Crippen molar-refractivity contribution in [2.75, 3.05) is 19.6 Å². The Labute approximate surface area is 182 Å². The normalized spacial score (nSPS) is 19.0. The first-order valence-corrected chi connectivity index (χ1v) is 11.8. The molecule has 1 aliphatic carbocycles. The summed E-state index contributed by atoms with van der Waals surface area (Å²) in [4.78, 5) is 7.54. The standard InChI is InChI=1S/C28H35N2/c1-23-15-17-25(18-16-23)27(19-22-30-20-5-6-21-30)28-14-8-13-26(29-28)12-7-11-24-9-3-2-4-10-24/h7-8,11-19,24H,2-6,9-10,20-22H2,1H3/b12-7+,27-19+. The van der Waals surface area contributed by atoms with Crippen molar-refractivity contribution in [1.29, 1.82) is 0 Å². The van der Waals surface area contributed by atoms with Gasteiger partial charge in [0.15, 0.2) is 0 Å². The van der Waals surface area contributed by atoms with Crippen LogP contribution in [0.2, 0.25) is 0 Å². The Morgan fingerprint density at radius 2 is 1.73 bits per heavy atom. The molecule has 1 aromatic carbocycles. The van der Waals surface area contributed by atoms with Gasteiger partial charge in [-0.1, -0.05) is 67.3 Å². The van der Waals surface area contributed by atoms with Crippen molar-refractivity contribution >= 4 is 11.6 Å². The molecule has 30 heavy (non-hydrogen) atoms. The van der Waals surface area contributed by atoms with Crippen molar-refractivity contribution in [2.24, 2.45) is 5.92 Å². The van der Waals surface area contributed by atoms with Crippen LogP contribution in [0.25, 0.3) is 11.6 Å². The number of nitrogens with zero attached hydrogens (tertiary/aromatic N) is 2. The summed E-state index contributed by atoms with van der Waals surface area (Å²) in [5.41, 5.74) is 5.90. The fourth-order valence-corrected chi connectivity index (χ4v) is 4.62. The maximum absolute atomic E-state index is 5.01. The third-order valence-corrected chi connectivity index (χ3v) is 6.46. The highest BCUT2D eigenvalue weighted by atomic mass is 15.1. The molecule has 0 atom stereocenters. The molecule has 0 unspecified atom stereocenters. The smallest absolute Gasteiger partial charge is 0.0712 e. The fourth-order valence-electron chi connectivity index (χ4n) is 4.62. The van der Waals surface area contributed by atoms with Gasteiger partial charge in [0, 0.05) is 12.1 Å². The molecule has 2 aromatic rings. The van der Waals surface area contributed by atoms with E-state index in [1.165, 1.54) is 74.7 Å². The van der Waals surface area contributed by atoms with Crippen LogP contribution in [0.3, 0.4) is 0 Å². The molecule has 1 aliphatic heterocycles. The number of allylic oxidation sites excluding steroid dienone is 1. The zero-order valence-corrected chi connectivity index (χ0v) is 18.4. The van der Waals surface area contributed by atoms with Gasteiger partial charge in [-0.3, -0.25) is 4.90 Å². The van der Waals surface area contributed by atoms with Crippen molar-refractivity contribution in [1.82, 2.24) is 9.88 Å². The lowest BCUT2D eigenvalue weighted by molar-refractivity contribution is 0.377. The van der Waals surface area contributed by atoms with Gasteiger partial charge in [0.05, 0.1) is 11.4 Å². The van der Waals surface area contributed by atoms with Gasteiger partial charge in [-0.25, -0.2) is 4.98 Å². The quantitative estimate of drug-likeness (QED) is 0.514. The Morgan fingerprint density at radius 3 is 2.50 bits per heavy atom. The van der Waals surface area contributed by atoms with E-state index in [-0.39, 0.29) is 0 Å². The van der Waals surface area contributed by atoms with Gasteiger partial charge >= 0.3 is 0 Å². The van der Waals surface area contributed by atoms with Crippen LogP contribution in [0.4, 0.5) is 0 Å². The molecule has 4 rings (SSSR count). The summed E-state index contributed by atoms with van der Waals surface area (Å²) >= 11 is 0. The summed E-state index contributed by atoms with van der Waals surface area (Å²) in [6.45, 7) is 5.57. The summed E-state index contributed by atoms with van der Waals surface area (Å²) < 4.78 is 0. The van der Waals surface area contributed by atoms with Gasteiger partial charge in [-0.15, -0.1) is 0 Å². The van der Waals surface area contributed by atoms with Crippen LogP contribution >= 0.6 is 0 Å². The highest BCUT2D eigenvalue weighted by Gasteiger charge is 2.13. The number of benzene rings is 1. The van der Waals surface area contributed by atoms with Crippen LogP contribution in [0.1, 0.15) is 67.5 Å². The van der Waals surface area contributed by atoms with Crippen LogP contribution in [0, 0.1) is 19.3 Å². The molecule has 0 N–H and O–H groups in total. The van der Waals surface area contributed by atoms with E-state index in [9.17, 15) is 0 Å². The van der Waals surface area contributed by atoms with E-state index in [0.29, 0.717) is 0 Å². The van der Waals surface area contributed by atoms with Crippen LogP contribution in [0.15, 0.2) is 54.6 Å². The Hall–Kier alpha value is -2.19. The minimum Gasteiger partial charge on any atom is -0.300 e. The van der Waals surface area contributed by atoms with Crippen molar-refractivity contribution in [3.63, 3.8) is 0 Å². The van der Waals surface area contributed by atoms with Gasteiger partial charge in [0.2, 0.25) is 0 Å². The molecule has 2 fully saturated rings. The summed E-state index contributed by atoms with van der Waals surface area (Å²) in [6, 6.07) is 15.3. The summed E-state index contributed by atoms with van der Waals surface area (Å²) in [5, 5.41) is 0. The van der Waals surface area contributed by atoms with Gasteiger partial charge in [-0.2, -0.15) is 0 Å². The maximum atomic E-state index is 5.01. The molecule has 2 heterocycles.